The molecule has 4 rings (SSSR count). The number of carbonyl (C=O) groups is 1. The second kappa shape index (κ2) is 6.28. The molecule has 2 aromatic carbocycles. The molecular formula is C18H17BrN2O4S. The summed E-state index contributed by atoms with van der Waals surface area (Å²) in [5.41, 5.74) is 1.26. The van der Waals surface area contributed by atoms with Gasteiger partial charge in [-0.3, -0.25) is 9.80 Å². The van der Waals surface area contributed by atoms with Crippen LogP contribution in [-0.4, -0.2) is 45.1 Å². The second-order valence-corrected chi connectivity index (χ2v) is 9.46. The van der Waals surface area contributed by atoms with Crippen molar-refractivity contribution >= 4 is 43.2 Å². The fourth-order valence-electron chi connectivity index (χ4n) is 3.74. The first-order valence-electron chi connectivity index (χ1n) is 8.13. The van der Waals surface area contributed by atoms with Crippen LogP contribution < -0.4 is 14.5 Å². The van der Waals surface area contributed by atoms with Gasteiger partial charge in [0.15, 0.2) is 9.84 Å². The van der Waals surface area contributed by atoms with Crippen LogP contribution in [0.2, 0.25) is 0 Å². The molecule has 2 aliphatic heterocycles. The molecule has 6 nitrogen and oxygen atoms in total. The maximum atomic E-state index is 13.3. The van der Waals surface area contributed by atoms with Crippen molar-refractivity contribution in [1.82, 2.24) is 0 Å². The second-order valence-electron chi connectivity index (χ2n) is 6.39. The van der Waals surface area contributed by atoms with Gasteiger partial charge in [0.05, 0.1) is 36.4 Å². The van der Waals surface area contributed by atoms with E-state index in [1.165, 1.54) is 7.11 Å². The van der Waals surface area contributed by atoms with Crippen LogP contribution in [0.3, 0.4) is 0 Å². The van der Waals surface area contributed by atoms with Crippen molar-refractivity contribution in [3.05, 3.63) is 53.0 Å². The topological polar surface area (TPSA) is 66.9 Å². The lowest BCUT2D eigenvalue weighted by atomic mass is 10.1. The van der Waals surface area contributed by atoms with Crippen molar-refractivity contribution in [2.24, 2.45) is 0 Å². The third-order valence-electron chi connectivity index (χ3n) is 4.80. The van der Waals surface area contributed by atoms with E-state index in [1.54, 1.807) is 21.9 Å². The number of nitrogens with zero attached hydrogens (tertiary/aromatic N) is 2. The van der Waals surface area contributed by atoms with Crippen LogP contribution in [-0.2, 0) is 9.84 Å². The molecule has 2 atom stereocenters. The zero-order valence-electron chi connectivity index (χ0n) is 14.0. The van der Waals surface area contributed by atoms with E-state index in [0.29, 0.717) is 17.1 Å². The van der Waals surface area contributed by atoms with Gasteiger partial charge in [-0.25, -0.2) is 13.2 Å². The lowest BCUT2D eigenvalue weighted by Crippen LogP contribution is -2.38. The molecule has 0 bridgehead atoms. The van der Waals surface area contributed by atoms with E-state index >= 15 is 0 Å². The average Bonchev–Trinajstić information content (AvgIpc) is 3.03. The molecule has 0 aromatic heterocycles. The van der Waals surface area contributed by atoms with E-state index in [9.17, 15) is 13.2 Å². The molecule has 2 aliphatic rings. The number of methoxy groups -OCH3 is 1. The molecule has 2 saturated heterocycles. The summed E-state index contributed by atoms with van der Waals surface area (Å²) >= 11 is 3.42. The molecule has 2 heterocycles. The molecule has 0 N–H and O–H groups in total. The van der Waals surface area contributed by atoms with Crippen LogP contribution in [0, 0.1) is 0 Å². The minimum atomic E-state index is -3.23. The number of hydrogen-bond donors (Lipinski definition) is 0. The predicted molar refractivity (Wildman–Crippen MR) is 104 cm³/mol. The van der Waals surface area contributed by atoms with Crippen molar-refractivity contribution in [3.8, 4) is 5.75 Å². The Hall–Kier alpha value is -2.06. The Morgan fingerprint density at radius 1 is 1.04 bits per heavy atom. The first-order valence-corrected chi connectivity index (χ1v) is 10.7. The normalized spacial score (nSPS) is 24.0. The van der Waals surface area contributed by atoms with E-state index in [2.05, 4.69) is 15.9 Å². The van der Waals surface area contributed by atoms with Gasteiger partial charge in [0.25, 0.3) is 0 Å². The highest BCUT2D eigenvalue weighted by molar-refractivity contribution is 9.10. The molecule has 0 spiro atoms. The molecule has 8 heteroatoms. The molecule has 26 heavy (non-hydrogen) atoms. The number of rotatable bonds is 3. The smallest absolute Gasteiger partial charge is 0.329 e. The Bertz CT molecular complexity index is 979. The van der Waals surface area contributed by atoms with Gasteiger partial charge < -0.3 is 4.74 Å². The summed E-state index contributed by atoms with van der Waals surface area (Å²) in [6.07, 6.45) is 0. The highest BCUT2D eigenvalue weighted by atomic mass is 79.9. The number of urea groups is 1. The number of ether oxygens (including phenoxy) is 1. The third-order valence-corrected chi connectivity index (χ3v) is 6.99. The van der Waals surface area contributed by atoms with E-state index in [0.717, 1.165) is 4.47 Å². The van der Waals surface area contributed by atoms with Gasteiger partial charge in [-0.1, -0.05) is 34.1 Å². The summed E-state index contributed by atoms with van der Waals surface area (Å²) in [7, 11) is -1.69. The zero-order chi connectivity index (χ0) is 18.5. The number of carbonyl (C=O) groups excluding carboxylic acids is 1. The highest BCUT2D eigenvalue weighted by Gasteiger charge is 2.55. The number of anilines is 2. The van der Waals surface area contributed by atoms with Crippen LogP contribution in [0.4, 0.5) is 16.2 Å². The summed E-state index contributed by atoms with van der Waals surface area (Å²) < 4.78 is 30.9. The molecule has 0 aliphatic carbocycles. The molecule has 136 valence electrons. The van der Waals surface area contributed by atoms with Crippen LogP contribution in [0.1, 0.15) is 0 Å². The highest BCUT2D eigenvalue weighted by Crippen LogP contribution is 2.41. The van der Waals surface area contributed by atoms with Gasteiger partial charge in [0, 0.05) is 10.2 Å². The Kier molecular flexibility index (Phi) is 4.19. The number of para-hydroxylation sites is 2. The Labute approximate surface area is 160 Å². The van der Waals surface area contributed by atoms with E-state index in [1.807, 2.05) is 36.4 Å². The molecule has 2 amide bonds. The lowest BCUT2D eigenvalue weighted by Gasteiger charge is -2.24. The summed E-state index contributed by atoms with van der Waals surface area (Å²) in [4.78, 5) is 16.5. The van der Waals surface area contributed by atoms with Crippen LogP contribution in [0.5, 0.6) is 5.75 Å². The van der Waals surface area contributed by atoms with Crippen LogP contribution in [0.25, 0.3) is 0 Å². The zero-order valence-corrected chi connectivity index (χ0v) is 16.4. The fraction of sp³-hybridized carbons (Fsp3) is 0.278. The molecule has 0 radical (unpaired) electrons. The van der Waals surface area contributed by atoms with Crippen molar-refractivity contribution in [2.75, 3.05) is 28.4 Å². The minimum absolute atomic E-state index is 0.0401. The number of halogens is 1. The number of benzene rings is 2. The van der Waals surface area contributed by atoms with Crippen molar-refractivity contribution < 1.29 is 17.9 Å². The van der Waals surface area contributed by atoms with Gasteiger partial charge >= 0.3 is 6.03 Å². The van der Waals surface area contributed by atoms with Gasteiger partial charge in [-0.05, 0) is 30.3 Å². The molecule has 2 fully saturated rings. The third kappa shape index (κ3) is 2.77. The van der Waals surface area contributed by atoms with Crippen LogP contribution >= 0.6 is 15.9 Å². The maximum absolute atomic E-state index is 13.3. The van der Waals surface area contributed by atoms with Crippen LogP contribution in [0.15, 0.2) is 53.0 Å². The fourth-order valence-corrected chi connectivity index (χ4v) is 6.05. The van der Waals surface area contributed by atoms with E-state index in [4.69, 9.17) is 4.74 Å². The lowest BCUT2D eigenvalue weighted by molar-refractivity contribution is 0.255. The standard InChI is InChI=1S/C18H17BrN2O4S/c1-25-17-8-3-2-7-14(17)21-16-11-26(23,24)10-15(16)20(18(21)22)13-6-4-5-12(19)9-13/h2-9,15-16H,10-11H2,1H3/t15-,16-/m0/s1. The van der Waals surface area contributed by atoms with Gasteiger partial charge in [0.2, 0.25) is 0 Å². The van der Waals surface area contributed by atoms with Crippen molar-refractivity contribution in [1.29, 1.82) is 0 Å². The monoisotopic (exact) mass is 436 g/mol. The minimum Gasteiger partial charge on any atom is -0.495 e. The molecule has 0 saturated carbocycles. The summed E-state index contributed by atoms with van der Waals surface area (Å²) in [6.45, 7) is 0. The summed E-state index contributed by atoms with van der Waals surface area (Å²) in [5.74, 6) is 0.452. The van der Waals surface area contributed by atoms with Gasteiger partial charge in [-0.15, -0.1) is 0 Å². The first-order chi connectivity index (χ1) is 12.4. The molecule has 2 aromatic rings. The number of hydrogen-bond acceptors (Lipinski definition) is 4. The Morgan fingerprint density at radius 3 is 2.42 bits per heavy atom. The maximum Gasteiger partial charge on any atom is 0.329 e. The van der Waals surface area contributed by atoms with Gasteiger partial charge in [0.1, 0.15) is 5.75 Å². The van der Waals surface area contributed by atoms with Gasteiger partial charge in [-0.2, -0.15) is 0 Å². The predicted octanol–water partition coefficient (Wildman–Crippen LogP) is 3.07. The molecule has 0 unspecified atom stereocenters. The number of fused-ring (bicyclic) bond motifs is 1. The quantitative estimate of drug-likeness (QED) is 0.693. The number of sulfone groups is 1. The first kappa shape index (κ1) is 17.4. The van der Waals surface area contributed by atoms with E-state index < -0.39 is 21.9 Å². The van der Waals surface area contributed by atoms with Crippen molar-refractivity contribution in [3.63, 3.8) is 0 Å². The molecular weight excluding hydrogens is 420 g/mol. The summed E-state index contributed by atoms with van der Waals surface area (Å²) in [6, 6.07) is 13.4. The summed E-state index contributed by atoms with van der Waals surface area (Å²) in [5, 5.41) is 0. The van der Waals surface area contributed by atoms with E-state index in [-0.39, 0.29) is 17.5 Å². The largest absolute Gasteiger partial charge is 0.495 e. The Morgan fingerprint density at radius 2 is 1.73 bits per heavy atom. The number of amides is 2. The van der Waals surface area contributed by atoms with Crippen molar-refractivity contribution in [2.45, 2.75) is 12.1 Å². The SMILES string of the molecule is COc1ccccc1N1C(=O)N(c2cccc(Br)c2)[C@H]2CS(=O)(=O)C[C@@H]21. The Balaban J connectivity index is 1.84. The average molecular weight is 437 g/mol.